The molecule has 1 aliphatic rings. The van der Waals surface area contributed by atoms with Crippen molar-refractivity contribution in [3.8, 4) is 0 Å². The molecule has 1 aliphatic carbocycles. The number of hydrogen-bond acceptors (Lipinski definition) is 3. The highest BCUT2D eigenvalue weighted by molar-refractivity contribution is 5.88. The number of carboxylic acids is 1. The minimum absolute atomic E-state index is 0.257. The van der Waals surface area contributed by atoms with Crippen molar-refractivity contribution < 1.29 is 9.90 Å². The number of hydrogen-bond donors (Lipinski definition) is 1. The number of imidazole rings is 1. The van der Waals surface area contributed by atoms with Crippen molar-refractivity contribution >= 4 is 5.97 Å². The quantitative estimate of drug-likeness (QED) is 0.886. The van der Waals surface area contributed by atoms with E-state index in [1.54, 1.807) is 17.8 Å². The molecule has 0 spiro atoms. The van der Waals surface area contributed by atoms with Crippen molar-refractivity contribution in [2.75, 3.05) is 0 Å². The summed E-state index contributed by atoms with van der Waals surface area (Å²) in [6.45, 7) is 2.27. The normalized spacial score (nSPS) is 14.9. The Kier molecular flexibility index (Phi) is 2.43. The summed E-state index contributed by atoms with van der Waals surface area (Å²) in [7, 11) is 0. The van der Waals surface area contributed by atoms with Crippen molar-refractivity contribution in [3.63, 3.8) is 0 Å². The largest absolute Gasteiger partial charge is 0.478 e. The van der Waals surface area contributed by atoms with Crippen LogP contribution in [0.3, 0.4) is 0 Å². The van der Waals surface area contributed by atoms with E-state index in [2.05, 4.69) is 14.6 Å². The lowest BCUT2D eigenvalue weighted by Crippen LogP contribution is -2.06. The van der Waals surface area contributed by atoms with Crippen LogP contribution >= 0.6 is 0 Å². The molecule has 0 saturated heterocycles. The molecule has 0 amide bonds. The molecule has 1 N–H and O–H groups in total. The molecule has 0 unspecified atom stereocenters. The molecule has 1 saturated carbocycles. The van der Waals surface area contributed by atoms with Crippen LogP contribution in [-0.2, 0) is 6.54 Å². The highest BCUT2D eigenvalue weighted by Crippen LogP contribution is 2.35. The highest BCUT2D eigenvalue weighted by atomic mass is 16.4. The van der Waals surface area contributed by atoms with Gasteiger partial charge in [-0.05, 0) is 19.8 Å². The van der Waals surface area contributed by atoms with Crippen LogP contribution in [0.2, 0.25) is 0 Å². The van der Waals surface area contributed by atoms with Crippen LogP contribution in [-0.4, -0.2) is 30.4 Å². The summed E-state index contributed by atoms with van der Waals surface area (Å²) in [5.74, 6) is -0.936. The van der Waals surface area contributed by atoms with E-state index in [4.69, 9.17) is 5.11 Å². The van der Waals surface area contributed by atoms with E-state index in [1.807, 2.05) is 12.5 Å². The zero-order valence-corrected chi connectivity index (χ0v) is 10.1. The van der Waals surface area contributed by atoms with Crippen LogP contribution in [0.1, 0.15) is 40.6 Å². The molecule has 2 heterocycles. The summed E-state index contributed by atoms with van der Waals surface area (Å²) in [4.78, 5) is 15.1. The average molecular weight is 246 g/mol. The second kappa shape index (κ2) is 3.97. The fourth-order valence-electron chi connectivity index (χ4n) is 2.11. The van der Waals surface area contributed by atoms with E-state index in [9.17, 15) is 4.79 Å². The van der Waals surface area contributed by atoms with Crippen molar-refractivity contribution in [1.82, 2.24) is 19.3 Å². The molecule has 2 aromatic rings. The van der Waals surface area contributed by atoms with Crippen molar-refractivity contribution in [3.05, 3.63) is 35.7 Å². The van der Waals surface area contributed by atoms with Gasteiger partial charge in [0, 0.05) is 12.2 Å². The Morgan fingerprint density at radius 2 is 2.33 bits per heavy atom. The Balaban J connectivity index is 1.85. The Bertz CT molecular complexity index is 595. The van der Waals surface area contributed by atoms with E-state index in [0.717, 1.165) is 5.69 Å². The van der Waals surface area contributed by atoms with E-state index in [-0.39, 0.29) is 5.56 Å². The van der Waals surface area contributed by atoms with Gasteiger partial charge in [-0.15, -0.1) is 0 Å². The Labute approximate surface area is 104 Å². The van der Waals surface area contributed by atoms with Crippen LogP contribution in [0.25, 0.3) is 0 Å². The fraction of sp³-hybridized carbons (Fsp3) is 0.417. The van der Waals surface area contributed by atoms with Gasteiger partial charge in [-0.3, -0.25) is 4.68 Å². The van der Waals surface area contributed by atoms with Gasteiger partial charge in [0.1, 0.15) is 5.56 Å². The third-order valence-electron chi connectivity index (χ3n) is 3.19. The van der Waals surface area contributed by atoms with E-state index in [0.29, 0.717) is 18.3 Å². The topological polar surface area (TPSA) is 72.9 Å². The van der Waals surface area contributed by atoms with Crippen LogP contribution < -0.4 is 0 Å². The molecule has 0 bridgehead atoms. The summed E-state index contributed by atoms with van der Waals surface area (Å²) in [6.07, 6.45) is 7.61. The predicted octanol–water partition coefficient (Wildman–Crippen LogP) is 1.47. The van der Waals surface area contributed by atoms with Gasteiger partial charge in [-0.2, -0.15) is 5.10 Å². The van der Waals surface area contributed by atoms with Gasteiger partial charge in [-0.1, -0.05) is 0 Å². The Hall–Kier alpha value is -2.11. The molecule has 0 radical (unpaired) electrons. The third kappa shape index (κ3) is 1.90. The first kappa shape index (κ1) is 11.0. The number of carboxylic acid groups (broad SMARTS) is 1. The SMILES string of the molecule is Cc1nn(Cc2cncn2C2CC2)cc1C(=O)O. The van der Waals surface area contributed by atoms with Gasteiger partial charge in [0.2, 0.25) is 0 Å². The summed E-state index contributed by atoms with van der Waals surface area (Å²) < 4.78 is 3.81. The summed E-state index contributed by atoms with van der Waals surface area (Å²) in [5.41, 5.74) is 1.87. The number of aromatic carboxylic acids is 1. The summed E-state index contributed by atoms with van der Waals surface area (Å²) >= 11 is 0. The van der Waals surface area contributed by atoms with Gasteiger partial charge in [0.15, 0.2) is 0 Å². The lowest BCUT2D eigenvalue weighted by molar-refractivity contribution is 0.0696. The zero-order valence-electron chi connectivity index (χ0n) is 10.1. The monoisotopic (exact) mass is 246 g/mol. The first-order chi connectivity index (χ1) is 8.65. The van der Waals surface area contributed by atoms with Crippen LogP contribution in [0.15, 0.2) is 18.7 Å². The minimum Gasteiger partial charge on any atom is -0.478 e. The Morgan fingerprint density at radius 1 is 1.56 bits per heavy atom. The van der Waals surface area contributed by atoms with Crippen LogP contribution in [0, 0.1) is 6.92 Å². The molecular weight excluding hydrogens is 232 g/mol. The maximum absolute atomic E-state index is 11.0. The van der Waals surface area contributed by atoms with Crippen molar-refractivity contribution in [2.45, 2.75) is 32.4 Å². The first-order valence-corrected chi connectivity index (χ1v) is 5.93. The first-order valence-electron chi connectivity index (χ1n) is 5.93. The smallest absolute Gasteiger partial charge is 0.339 e. The van der Waals surface area contributed by atoms with Gasteiger partial charge < -0.3 is 9.67 Å². The summed E-state index contributed by atoms with van der Waals surface area (Å²) in [5, 5.41) is 13.2. The van der Waals surface area contributed by atoms with Gasteiger partial charge in [0.05, 0.1) is 30.5 Å². The second-order valence-corrected chi connectivity index (χ2v) is 4.65. The number of nitrogens with zero attached hydrogens (tertiary/aromatic N) is 4. The minimum atomic E-state index is -0.936. The molecular formula is C12H14N4O2. The Morgan fingerprint density at radius 3 is 2.94 bits per heavy atom. The molecule has 3 rings (SSSR count). The standard InChI is InChI=1S/C12H14N4O2/c1-8-11(12(17)18)6-15(14-8)5-10-4-13-7-16(10)9-2-3-9/h4,6-7,9H,2-3,5H2,1H3,(H,17,18). The summed E-state index contributed by atoms with van der Waals surface area (Å²) in [6, 6.07) is 0.568. The molecule has 1 fully saturated rings. The maximum atomic E-state index is 11.0. The third-order valence-corrected chi connectivity index (χ3v) is 3.19. The lowest BCUT2D eigenvalue weighted by Gasteiger charge is -2.06. The van der Waals surface area contributed by atoms with E-state index >= 15 is 0 Å². The highest BCUT2D eigenvalue weighted by Gasteiger charge is 2.25. The predicted molar refractivity (Wildman–Crippen MR) is 63.5 cm³/mol. The van der Waals surface area contributed by atoms with Crippen molar-refractivity contribution in [1.29, 1.82) is 0 Å². The van der Waals surface area contributed by atoms with Gasteiger partial charge in [-0.25, -0.2) is 9.78 Å². The van der Waals surface area contributed by atoms with Crippen molar-refractivity contribution in [2.24, 2.45) is 0 Å². The second-order valence-electron chi connectivity index (χ2n) is 4.65. The average Bonchev–Trinajstić information content (AvgIpc) is 2.95. The number of carbonyl (C=O) groups is 1. The van der Waals surface area contributed by atoms with Gasteiger partial charge >= 0.3 is 5.97 Å². The molecule has 94 valence electrons. The number of aryl methyl sites for hydroxylation is 1. The fourth-order valence-corrected chi connectivity index (χ4v) is 2.11. The van der Waals surface area contributed by atoms with Crippen LogP contribution in [0.4, 0.5) is 0 Å². The van der Waals surface area contributed by atoms with E-state index in [1.165, 1.54) is 12.8 Å². The number of aromatic nitrogens is 4. The molecule has 0 aromatic carbocycles. The zero-order chi connectivity index (χ0) is 12.7. The molecule has 6 heteroatoms. The molecule has 6 nitrogen and oxygen atoms in total. The van der Waals surface area contributed by atoms with Gasteiger partial charge in [0.25, 0.3) is 0 Å². The molecule has 0 atom stereocenters. The molecule has 0 aliphatic heterocycles. The molecule has 2 aromatic heterocycles. The maximum Gasteiger partial charge on any atom is 0.339 e. The van der Waals surface area contributed by atoms with E-state index < -0.39 is 5.97 Å². The number of rotatable bonds is 4. The molecule has 18 heavy (non-hydrogen) atoms. The lowest BCUT2D eigenvalue weighted by atomic mass is 10.3. The van der Waals surface area contributed by atoms with Crippen LogP contribution in [0.5, 0.6) is 0 Å².